The minimum atomic E-state index is -4.39. The number of aliphatic hydroxyl groups is 1. The number of β-amino-alcohol motifs (C(OH)–C–C–N with tert-alkyl or cyclic N) is 1. The van der Waals surface area contributed by atoms with Crippen molar-refractivity contribution in [3.63, 3.8) is 0 Å². The average Bonchev–Trinajstić information content (AvgIpc) is 2.36. The maximum absolute atomic E-state index is 12.1. The Morgan fingerprint density at radius 2 is 2.00 bits per heavy atom. The van der Waals surface area contributed by atoms with Gasteiger partial charge in [-0.1, -0.05) is 0 Å². The first kappa shape index (κ1) is 18.2. The zero-order valence-electron chi connectivity index (χ0n) is 12.7. The Labute approximate surface area is 123 Å². The monoisotopic (exact) mass is 311 g/mol. The van der Waals surface area contributed by atoms with E-state index in [1.807, 2.05) is 17.1 Å². The van der Waals surface area contributed by atoms with Crippen molar-refractivity contribution in [3.05, 3.63) is 0 Å². The first-order chi connectivity index (χ1) is 9.60. The normalized spacial score (nSPS) is 24.6. The Balaban J connectivity index is 2.46. The van der Waals surface area contributed by atoms with E-state index in [2.05, 4.69) is 4.90 Å². The zero-order valence-corrected chi connectivity index (χ0v) is 12.7. The number of hydrogen-bond donors (Lipinski definition) is 2. The number of nitrogens with zero attached hydrogens (tertiary/aromatic N) is 2. The molecule has 1 saturated heterocycles. The van der Waals surface area contributed by atoms with Gasteiger partial charge in [0.2, 0.25) is 5.91 Å². The first-order valence-corrected chi connectivity index (χ1v) is 7.10. The van der Waals surface area contributed by atoms with Crippen LogP contribution in [-0.2, 0) is 4.79 Å². The third-order valence-corrected chi connectivity index (χ3v) is 3.69. The number of nitrogens with one attached hydrogen (secondary N) is 1. The maximum Gasteiger partial charge on any atom is 0.405 e. The lowest BCUT2D eigenvalue weighted by Gasteiger charge is -2.42. The van der Waals surface area contributed by atoms with E-state index in [-0.39, 0.29) is 6.04 Å². The lowest BCUT2D eigenvalue weighted by Crippen LogP contribution is -2.58. The molecular weight excluding hydrogens is 287 g/mol. The molecular formula is C13H24F3N3O2. The van der Waals surface area contributed by atoms with E-state index in [1.165, 1.54) is 0 Å². The van der Waals surface area contributed by atoms with Gasteiger partial charge in [-0.25, -0.2) is 0 Å². The van der Waals surface area contributed by atoms with Gasteiger partial charge in [0, 0.05) is 32.2 Å². The van der Waals surface area contributed by atoms with Crippen molar-refractivity contribution in [3.8, 4) is 0 Å². The fraction of sp³-hybridized carbons (Fsp3) is 0.923. The van der Waals surface area contributed by atoms with E-state index in [9.17, 15) is 23.1 Å². The molecule has 1 amide bonds. The molecule has 1 aliphatic rings. The minimum Gasteiger partial charge on any atom is -0.392 e. The summed E-state index contributed by atoms with van der Waals surface area (Å²) in [6.07, 6.45) is -4.81. The quantitative estimate of drug-likeness (QED) is 0.774. The van der Waals surface area contributed by atoms with E-state index >= 15 is 0 Å². The molecule has 0 radical (unpaired) electrons. The minimum absolute atomic E-state index is 0.145. The number of carbonyl (C=O) groups is 1. The topological polar surface area (TPSA) is 55.8 Å². The Morgan fingerprint density at radius 1 is 1.38 bits per heavy atom. The van der Waals surface area contributed by atoms with Crippen molar-refractivity contribution in [1.82, 2.24) is 15.1 Å². The van der Waals surface area contributed by atoms with Gasteiger partial charge >= 0.3 is 6.18 Å². The van der Waals surface area contributed by atoms with Crippen LogP contribution in [-0.4, -0.2) is 77.9 Å². The van der Waals surface area contributed by atoms with Crippen LogP contribution in [0.2, 0.25) is 0 Å². The number of alkyl halides is 3. The van der Waals surface area contributed by atoms with E-state index < -0.39 is 30.8 Å². The number of halogens is 3. The molecule has 0 aromatic heterocycles. The lowest BCUT2D eigenvalue weighted by atomic mass is 10.1. The largest absolute Gasteiger partial charge is 0.405 e. The lowest BCUT2D eigenvalue weighted by molar-refractivity contribution is -0.142. The van der Waals surface area contributed by atoms with E-state index in [1.54, 1.807) is 13.8 Å². The highest BCUT2D eigenvalue weighted by Gasteiger charge is 2.32. The van der Waals surface area contributed by atoms with Crippen LogP contribution < -0.4 is 5.32 Å². The summed E-state index contributed by atoms with van der Waals surface area (Å²) in [5.41, 5.74) is 0. The second kappa shape index (κ2) is 7.42. The molecule has 5 nitrogen and oxygen atoms in total. The van der Waals surface area contributed by atoms with Crippen LogP contribution in [0.1, 0.15) is 20.8 Å². The molecule has 124 valence electrons. The molecule has 21 heavy (non-hydrogen) atoms. The van der Waals surface area contributed by atoms with Gasteiger partial charge in [0.1, 0.15) is 6.54 Å². The molecule has 8 heteroatoms. The fourth-order valence-electron chi connectivity index (χ4n) is 2.49. The van der Waals surface area contributed by atoms with Crippen LogP contribution in [0.25, 0.3) is 0 Å². The summed E-state index contributed by atoms with van der Waals surface area (Å²) < 4.78 is 36.3. The summed E-state index contributed by atoms with van der Waals surface area (Å²) in [5.74, 6) is -0.608. The summed E-state index contributed by atoms with van der Waals surface area (Å²) in [7, 11) is 0. The Hall–Kier alpha value is -0.860. The van der Waals surface area contributed by atoms with Crippen molar-refractivity contribution in [2.75, 3.05) is 32.7 Å². The van der Waals surface area contributed by atoms with Gasteiger partial charge in [0.05, 0.1) is 12.1 Å². The van der Waals surface area contributed by atoms with Gasteiger partial charge in [-0.05, 0) is 20.8 Å². The van der Waals surface area contributed by atoms with Gasteiger partial charge in [0.15, 0.2) is 0 Å². The number of aliphatic hydroxyl groups excluding tert-OH is 1. The molecule has 1 heterocycles. The molecule has 1 fully saturated rings. The Bertz CT molecular complexity index is 350. The number of rotatable bonds is 5. The molecule has 2 N–H and O–H groups in total. The summed E-state index contributed by atoms with van der Waals surface area (Å²) in [4.78, 5) is 15.7. The molecule has 0 aliphatic carbocycles. The van der Waals surface area contributed by atoms with Gasteiger partial charge in [-0.2, -0.15) is 13.2 Å². The number of carbonyl (C=O) groups excluding carboxylic acids is 1. The average molecular weight is 311 g/mol. The van der Waals surface area contributed by atoms with Crippen LogP contribution in [0.4, 0.5) is 13.2 Å². The second-order valence-corrected chi connectivity index (χ2v) is 5.70. The van der Waals surface area contributed by atoms with Crippen LogP contribution in [0.15, 0.2) is 0 Å². The van der Waals surface area contributed by atoms with Gasteiger partial charge in [0.25, 0.3) is 0 Å². The molecule has 0 spiro atoms. The maximum atomic E-state index is 12.1. The third-order valence-electron chi connectivity index (χ3n) is 3.69. The Morgan fingerprint density at radius 3 is 2.48 bits per heavy atom. The van der Waals surface area contributed by atoms with Crippen LogP contribution in [0.3, 0.4) is 0 Å². The van der Waals surface area contributed by atoms with Crippen LogP contribution in [0, 0.1) is 0 Å². The molecule has 1 aliphatic heterocycles. The zero-order chi connectivity index (χ0) is 16.2. The summed E-state index contributed by atoms with van der Waals surface area (Å²) in [5, 5.41) is 11.3. The molecule has 0 unspecified atom stereocenters. The van der Waals surface area contributed by atoms with Crippen LogP contribution >= 0.6 is 0 Å². The van der Waals surface area contributed by atoms with E-state index in [0.29, 0.717) is 26.2 Å². The molecule has 0 bridgehead atoms. The summed E-state index contributed by atoms with van der Waals surface area (Å²) >= 11 is 0. The predicted molar refractivity (Wildman–Crippen MR) is 72.8 cm³/mol. The fourth-order valence-corrected chi connectivity index (χ4v) is 2.49. The van der Waals surface area contributed by atoms with Crippen molar-refractivity contribution in [1.29, 1.82) is 0 Å². The van der Waals surface area contributed by atoms with Gasteiger partial charge < -0.3 is 10.4 Å². The predicted octanol–water partition coefficient (Wildman–Crippen LogP) is 0.440. The highest BCUT2D eigenvalue weighted by Crippen LogP contribution is 2.15. The van der Waals surface area contributed by atoms with E-state index in [4.69, 9.17) is 0 Å². The summed E-state index contributed by atoms with van der Waals surface area (Å²) in [6.45, 7) is 6.44. The third kappa shape index (κ3) is 6.19. The molecule has 0 aromatic carbocycles. The molecule has 0 aromatic rings. The van der Waals surface area contributed by atoms with Crippen molar-refractivity contribution >= 4 is 5.91 Å². The van der Waals surface area contributed by atoms with Crippen molar-refractivity contribution in [2.24, 2.45) is 0 Å². The molecule has 0 saturated carbocycles. The number of hydrogen-bond acceptors (Lipinski definition) is 4. The summed E-state index contributed by atoms with van der Waals surface area (Å²) in [6, 6.07) is -0.449. The first-order valence-electron chi connectivity index (χ1n) is 7.10. The van der Waals surface area contributed by atoms with Crippen molar-refractivity contribution < 1.29 is 23.1 Å². The Kier molecular flexibility index (Phi) is 6.42. The number of piperazine rings is 1. The highest BCUT2D eigenvalue weighted by atomic mass is 19.4. The van der Waals surface area contributed by atoms with Gasteiger partial charge in [-0.3, -0.25) is 14.6 Å². The molecule has 3 atom stereocenters. The smallest absolute Gasteiger partial charge is 0.392 e. The van der Waals surface area contributed by atoms with E-state index in [0.717, 1.165) is 0 Å². The SMILES string of the molecule is C[C@H](O)CN1CCN([C@H](C)C(=O)NCC(F)(F)F)C[C@@H]1C. The standard InChI is InChI=1S/C13H24F3N3O2/c1-9-6-19(5-4-18(9)7-10(2)20)11(3)12(21)17-8-13(14,15)16/h9-11,20H,4-8H2,1-3H3,(H,17,21)/t9-,10-,11+/m0/s1. The van der Waals surface area contributed by atoms with Crippen molar-refractivity contribution in [2.45, 2.75) is 45.1 Å². The molecule has 1 rings (SSSR count). The van der Waals surface area contributed by atoms with Gasteiger partial charge in [-0.15, -0.1) is 0 Å². The van der Waals surface area contributed by atoms with Crippen LogP contribution in [0.5, 0.6) is 0 Å². The number of amides is 1. The second-order valence-electron chi connectivity index (χ2n) is 5.70. The highest BCUT2D eigenvalue weighted by molar-refractivity contribution is 5.81.